The van der Waals surface area contributed by atoms with Crippen molar-refractivity contribution in [1.29, 1.82) is 0 Å². The van der Waals surface area contributed by atoms with Gasteiger partial charge < -0.3 is 27.3 Å². The zero-order chi connectivity index (χ0) is 27.4. The van der Waals surface area contributed by atoms with Crippen LogP contribution in [0.1, 0.15) is 22.3 Å². The van der Waals surface area contributed by atoms with E-state index in [0.717, 1.165) is 5.56 Å². The molecule has 36 heavy (non-hydrogen) atoms. The van der Waals surface area contributed by atoms with Crippen molar-refractivity contribution in [3.05, 3.63) is 58.7 Å². The van der Waals surface area contributed by atoms with Crippen molar-refractivity contribution < 1.29 is 27.3 Å². The summed E-state index contributed by atoms with van der Waals surface area (Å²) in [5, 5.41) is 20.7. The lowest BCUT2D eigenvalue weighted by Gasteiger charge is -2.40. The molecular weight excluding hydrogens is 521 g/mol. The summed E-state index contributed by atoms with van der Waals surface area (Å²) < 4.78 is 25.7. The summed E-state index contributed by atoms with van der Waals surface area (Å²) in [6.07, 6.45) is 5.48. The van der Waals surface area contributed by atoms with E-state index in [-0.39, 0.29) is 13.2 Å². The minimum absolute atomic E-state index is 0.224. The highest BCUT2D eigenvalue weighted by atomic mass is 28.5. The molecule has 0 radical (unpaired) electrons. The highest BCUT2D eigenvalue weighted by Crippen LogP contribution is 2.28. The van der Waals surface area contributed by atoms with E-state index in [1.54, 1.807) is 12.1 Å². The summed E-state index contributed by atoms with van der Waals surface area (Å²) in [5.74, 6) is 3.01. The summed E-state index contributed by atoms with van der Waals surface area (Å²) in [7, 11) is -8.65. The average Bonchev–Trinajstić information content (AvgIpc) is 2.73. The molecule has 198 valence electrons. The van der Waals surface area contributed by atoms with Gasteiger partial charge in [-0.15, -0.1) is 6.42 Å². The van der Waals surface area contributed by atoms with Crippen molar-refractivity contribution in [2.45, 2.75) is 78.7 Å². The van der Waals surface area contributed by atoms with Crippen LogP contribution in [0.5, 0.6) is 5.75 Å². The minimum atomic E-state index is -2.42. The van der Waals surface area contributed by atoms with Crippen LogP contribution in [-0.2, 0) is 32.2 Å². The lowest BCUT2D eigenvalue weighted by Crippen LogP contribution is -2.58. The topological polar surface area (TPSA) is 77.4 Å². The van der Waals surface area contributed by atoms with Gasteiger partial charge in [-0.3, -0.25) is 0 Å². The van der Waals surface area contributed by atoms with Crippen molar-refractivity contribution in [2.75, 3.05) is 0 Å². The number of aliphatic hydroxyl groups is 2. The average molecular weight is 563 g/mol. The third-order valence-electron chi connectivity index (χ3n) is 5.33. The number of aliphatic hydroxyl groups excluding tert-OH is 2. The van der Waals surface area contributed by atoms with Gasteiger partial charge in [0.1, 0.15) is 12.4 Å². The zero-order valence-corrected chi connectivity index (χ0v) is 27.2. The fourth-order valence-electron chi connectivity index (χ4n) is 4.46. The van der Waals surface area contributed by atoms with Gasteiger partial charge in [0.15, 0.2) is 8.32 Å². The van der Waals surface area contributed by atoms with Gasteiger partial charge in [-0.05, 0) is 81.8 Å². The maximum absolute atomic E-state index is 9.75. The second kappa shape index (κ2) is 11.9. The Balaban J connectivity index is 2.12. The molecular formula is C26H42O6Si4. The Morgan fingerprint density at radius 3 is 1.69 bits per heavy atom. The number of hydrogen-bond acceptors (Lipinski definition) is 6. The molecule has 0 amide bonds. The van der Waals surface area contributed by atoms with Crippen LogP contribution in [0.4, 0.5) is 0 Å². The van der Waals surface area contributed by atoms with Crippen LogP contribution >= 0.6 is 0 Å². The molecule has 0 fully saturated rings. The van der Waals surface area contributed by atoms with Gasteiger partial charge in [0.25, 0.3) is 0 Å². The second-order valence-corrected chi connectivity index (χ2v) is 27.2. The molecule has 0 heterocycles. The van der Waals surface area contributed by atoms with E-state index in [1.165, 1.54) is 5.19 Å². The highest BCUT2D eigenvalue weighted by molar-refractivity contribution is 6.93. The monoisotopic (exact) mass is 562 g/mol. The molecule has 2 N–H and O–H groups in total. The molecule has 0 aliphatic rings. The van der Waals surface area contributed by atoms with E-state index in [0.29, 0.717) is 29.0 Å². The van der Waals surface area contributed by atoms with Gasteiger partial charge in [-0.1, -0.05) is 30.2 Å². The van der Waals surface area contributed by atoms with E-state index in [1.807, 2.05) is 12.1 Å². The number of hydrogen-bond donors (Lipinski definition) is 2. The van der Waals surface area contributed by atoms with Crippen molar-refractivity contribution in [2.24, 2.45) is 0 Å². The van der Waals surface area contributed by atoms with Crippen LogP contribution in [0.15, 0.2) is 36.4 Å². The Morgan fingerprint density at radius 2 is 1.25 bits per heavy atom. The predicted octanol–water partition coefficient (Wildman–Crippen LogP) is 4.93. The smallest absolute Gasteiger partial charge is 0.312 e. The van der Waals surface area contributed by atoms with Crippen LogP contribution in [0.25, 0.3) is 0 Å². The number of terminal acetylenes is 1. The van der Waals surface area contributed by atoms with E-state index in [2.05, 4.69) is 77.0 Å². The maximum atomic E-state index is 9.75. The molecule has 0 saturated carbocycles. The van der Waals surface area contributed by atoms with Crippen LogP contribution in [0, 0.1) is 12.3 Å². The zero-order valence-electron chi connectivity index (χ0n) is 23.2. The first-order chi connectivity index (χ1) is 16.5. The van der Waals surface area contributed by atoms with Crippen molar-refractivity contribution in [3.63, 3.8) is 0 Å². The Bertz CT molecular complexity index is 1040. The summed E-state index contributed by atoms with van der Waals surface area (Å²) in [6, 6.07) is 11.7. The van der Waals surface area contributed by atoms with Crippen LogP contribution in [0.2, 0.25) is 58.9 Å². The second-order valence-electron chi connectivity index (χ2n) is 11.3. The van der Waals surface area contributed by atoms with Gasteiger partial charge in [-0.25, -0.2) is 0 Å². The lowest BCUT2D eigenvalue weighted by atomic mass is 10.0. The first-order valence-corrected chi connectivity index (χ1v) is 24.1. The minimum Gasteiger partial charge on any atom is -0.488 e. The third kappa shape index (κ3) is 9.09. The molecule has 0 bridgehead atoms. The Kier molecular flexibility index (Phi) is 10.1. The summed E-state index contributed by atoms with van der Waals surface area (Å²) in [5.41, 5.74) is 2.69. The van der Waals surface area contributed by atoms with Crippen molar-refractivity contribution in [3.8, 4) is 18.1 Å². The molecule has 2 aromatic carbocycles. The van der Waals surface area contributed by atoms with Crippen LogP contribution in [0.3, 0.4) is 0 Å². The van der Waals surface area contributed by atoms with Crippen LogP contribution < -0.4 is 9.92 Å². The maximum Gasteiger partial charge on any atom is 0.312 e. The standard InChI is InChI=1S/C26H42O6Si4/c1-11-21-16-23(18-27)26(24(17-21)19-28)29-20-22-12-14-25(15-13-22)34(5,6)31-36(9,10)32-35(7,8)30-33(2,3)4/h1,12-17,27-28H,18-20H2,2-10H3. The van der Waals surface area contributed by atoms with Crippen molar-refractivity contribution in [1.82, 2.24) is 0 Å². The molecule has 0 aromatic heterocycles. The van der Waals surface area contributed by atoms with Gasteiger partial charge in [-0.2, -0.15) is 0 Å². The van der Waals surface area contributed by atoms with Gasteiger partial charge in [0, 0.05) is 16.7 Å². The summed E-state index contributed by atoms with van der Waals surface area (Å²) in [4.78, 5) is 0. The Labute approximate surface area is 221 Å². The number of rotatable bonds is 12. The quantitative estimate of drug-likeness (QED) is 0.282. The molecule has 2 aromatic rings. The molecule has 0 saturated heterocycles. The lowest BCUT2D eigenvalue weighted by molar-refractivity contribution is 0.242. The molecule has 0 atom stereocenters. The van der Waals surface area contributed by atoms with Crippen LogP contribution in [-0.4, -0.2) is 44.0 Å². The molecule has 0 aliphatic heterocycles. The fraction of sp³-hybridized carbons (Fsp3) is 0.462. The highest BCUT2D eigenvalue weighted by Gasteiger charge is 2.43. The van der Waals surface area contributed by atoms with E-state index in [4.69, 9.17) is 23.5 Å². The fourth-order valence-corrected chi connectivity index (χ4v) is 22.5. The largest absolute Gasteiger partial charge is 0.488 e. The third-order valence-corrected chi connectivity index (χ3v) is 19.4. The van der Waals surface area contributed by atoms with Gasteiger partial charge in [0.2, 0.25) is 8.32 Å². The van der Waals surface area contributed by atoms with Gasteiger partial charge in [0.05, 0.1) is 13.2 Å². The molecule has 2 rings (SSSR count). The molecule has 10 heteroatoms. The summed E-state index contributed by atoms with van der Waals surface area (Å²) in [6.45, 7) is 19.2. The van der Waals surface area contributed by atoms with E-state index < -0.39 is 33.8 Å². The Hall–Kier alpha value is -1.53. The molecule has 0 aliphatic carbocycles. The SMILES string of the molecule is C#Cc1cc(CO)c(OCc2ccc([Si](C)(C)O[Si](C)(C)O[Si](C)(C)O[Si](C)(C)C)cc2)c(CO)c1. The van der Waals surface area contributed by atoms with E-state index >= 15 is 0 Å². The Morgan fingerprint density at radius 1 is 0.750 bits per heavy atom. The molecule has 6 nitrogen and oxygen atoms in total. The number of benzene rings is 2. The van der Waals surface area contributed by atoms with Crippen molar-refractivity contribution >= 4 is 38.9 Å². The first-order valence-electron chi connectivity index (χ1n) is 12.2. The molecule has 0 unspecified atom stereocenters. The van der Waals surface area contributed by atoms with Gasteiger partial charge >= 0.3 is 17.1 Å². The first kappa shape index (κ1) is 30.7. The summed E-state index contributed by atoms with van der Waals surface area (Å²) >= 11 is 0. The normalized spacial score (nSPS) is 12.9. The van der Waals surface area contributed by atoms with E-state index in [9.17, 15) is 10.2 Å². The number of ether oxygens (including phenoxy) is 1. The molecule has 0 spiro atoms. The predicted molar refractivity (Wildman–Crippen MR) is 156 cm³/mol.